The Hall–Kier alpha value is -1.06. The molecule has 0 unspecified atom stereocenters. The molecule has 3 nitrogen and oxygen atoms in total. The molecule has 118 valence electrons. The number of nitrogens with zero attached hydrogens (tertiary/aromatic N) is 1. The minimum Gasteiger partial charge on any atom is -0.381 e. The summed E-state index contributed by atoms with van der Waals surface area (Å²) in [4.78, 5) is 2.42. The van der Waals surface area contributed by atoms with Gasteiger partial charge in [-0.1, -0.05) is 19.9 Å². The van der Waals surface area contributed by atoms with Crippen LogP contribution in [-0.4, -0.2) is 32.8 Å². The maximum Gasteiger partial charge on any atom is 0.0485 e. The normalized spacial score (nSPS) is 16.4. The second-order valence-corrected chi connectivity index (χ2v) is 6.59. The van der Waals surface area contributed by atoms with Crippen molar-refractivity contribution in [3.63, 3.8) is 0 Å². The molecule has 0 radical (unpaired) electrons. The van der Waals surface area contributed by atoms with Gasteiger partial charge >= 0.3 is 0 Å². The summed E-state index contributed by atoms with van der Waals surface area (Å²) >= 11 is 0. The van der Waals surface area contributed by atoms with E-state index >= 15 is 0 Å². The van der Waals surface area contributed by atoms with Crippen molar-refractivity contribution in [2.45, 2.75) is 46.2 Å². The first kappa shape index (κ1) is 16.3. The van der Waals surface area contributed by atoms with Crippen LogP contribution in [0.4, 0.5) is 5.69 Å². The molecule has 0 aromatic heterocycles. The minimum atomic E-state index is 0.614. The van der Waals surface area contributed by atoms with Crippen LogP contribution in [0.5, 0.6) is 0 Å². The van der Waals surface area contributed by atoms with E-state index < -0.39 is 0 Å². The number of anilines is 1. The van der Waals surface area contributed by atoms with E-state index in [0.29, 0.717) is 12.0 Å². The lowest BCUT2D eigenvalue weighted by Gasteiger charge is -2.33. The van der Waals surface area contributed by atoms with Crippen molar-refractivity contribution in [2.24, 2.45) is 5.92 Å². The lowest BCUT2D eigenvalue weighted by atomic mass is 10.0. The Morgan fingerprint density at radius 2 is 2.00 bits per heavy atom. The molecule has 1 aromatic carbocycles. The molecule has 0 amide bonds. The maximum atomic E-state index is 5.46. The molecule has 1 N–H and O–H groups in total. The zero-order valence-corrected chi connectivity index (χ0v) is 14.0. The van der Waals surface area contributed by atoms with Crippen molar-refractivity contribution in [2.75, 3.05) is 31.7 Å². The van der Waals surface area contributed by atoms with Crippen molar-refractivity contribution in [3.8, 4) is 0 Å². The highest BCUT2D eigenvalue weighted by atomic mass is 16.5. The fraction of sp³-hybridized carbons (Fsp3) is 0.667. The van der Waals surface area contributed by atoms with Gasteiger partial charge in [0.15, 0.2) is 0 Å². The third-order valence-corrected chi connectivity index (χ3v) is 4.34. The van der Waals surface area contributed by atoms with Gasteiger partial charge in [0.2, 0.25) is 0 Å². The van der Waals surface area contributed by atoms with Crippen molar-refractivity contribution >= 4 is 5.69 Å². The van der Waals surface area contributed by atoms with E-state index in [4.69, 9.17) is 4.74 Å². The van der Waals surface area contributed by atoms with Crippen LogP contribution in [0.2, 0.25) is 0 Å². The average Bonchev–Trinajstić information content (AvgIpc) is 2.48. The van der Waals surface area contributed by atoms with Crippen LogP contribution >= 0.6 is 0 Å². The predicted molar refractivity (Wildman–Crippen MR) is 90.0 cm³/mol. The van der Waals surface area contributed by atoms with Crippen molar-refractivity contribution in [1.29, 1.82) is 0 Å². The van der Waals surface area contributed by atoms with Crippen molar-refractivity contribution < 1.29 is 4.74 Å². The first-order valence-electron chi connectivity index (χ1n) is 8.18. The van der Waals surface area contributed by atoms with Crippen molar-refractivity contribution in [1.82, 2.24) is 5.32 Å². The smallest absolute Gasteiger partial charge is 0.0485 e. The van der Waals surface area contributed by atoms with Crippen LogP contribution in [0, 0.1) is 12.8 Å². The molecule has 0 bridgehead atoms. The lowest BCUT2D eigenvalue weighted by molar-refractivity contribution is 0.0855. The fourth-order valence-corrected chi connectivity index (χ4v) is 2.88. The highest BCUT2D eigenvalue weighted by molar-refractivity contribution is 5.51. The molecular formula is C18H30N2O. The molecule has 0 aliphatic carbocycles. The first-order chi connectivity index (χ1) is 10.1. The summed E-state index contributed by atoms with van der Waals surface area (Å²) in [6.45, 7) is 10.5. The SMILES string of the molecule is Cc1cc(N(C)C2CCOCC2)ccc1CNCC(C)C. The number of aryl methyl sites for hydroxylation is 1. The van der Waals surface area contributed by atoms with Gasteiger partial charge in [-0.05, 0) is 55.5 Å². The van der Waals surface area contributed by atoms with Crippen LogP contribution in [0.25, 0.3) is 0 Å². The molecule has 1 fully saturated rings. The van der Waals surface area contributed by atoms with Gasteiger partial charge in [0.1, 0.15) is 0 Å². The first-order valence-corrected chi connectivity index (χ1v) is 8.18. The Kier molecular flexibility index (Phi) is 6.07. The quantitative estimate of drug-likeness (QED) is 0.869. The van der Waals surface area contributed by atoms with Gasteiger partial charge in [-0.25, -0.2) is 0 Å². The second-order valence-electron chi connectivity index (χ2n) is 6.59. The van der Waals surface area contributed by atoms with Gasteiger partial charge in [-0.3, -0.25) is 0 Å². The monoisotopic (exact) mass is 290 g/mol. The number of rotatable bonds is 6. The van der Waals surface area contributed by atoms with Gasteiger partial charge in [0.05, 0.1) is 0 Å². The van der Waals surface area contributed by atoms with Gasteiger partial charge in [0, 0.05) is 38.5 Å². The minimum absolute atomic E-state index is 0.614. The highest BCUT2D eigenvalue weighted by Crippen LogP contribution is 2.23. The Balaban J connectivity index is 1.97. The zero-order valence-electron chi connectivity index (χ0n) is 14.0. The largest absolute Gasteiger partial charge is 0.381 e. The van der Waals surface area contributed by atoms with Gasteiger partial charge in [-0.2, -0.15) is 0 Å². The molecule has 0 spiro atoms. The van der Waals surface area contributed by atoms with Gasteiger partial charge < -0.3 is 15.0 Å². The summed E-state index contributed by atoms with van der Waals surface area (Å²) < 4.78 is 5.46. The highest BCUT2D eigenvalue weighted by Gasteiger charge is 2.19. The Morgan fingerprint density at radius 3 is 2.62 bits per heavy atom. The van der Waals surface area contributed by atoms with E-state index in [-0.39, 0.29) is 0 Å². The van der Waals surface area contributed by atoms with E-state index in [2.05, 4.69) is 56.2 Å². The maximum absolute atomic E-state index is 5.46. The molecule has 1 aliphatic rings. The zero-order chi connectivity index (χ0) is 15.2. The standard InChI is InChI=1S/C18H30N2O/c1-14(2)12-19-13-16-5-6-18(11-15(16)3)20(4)17-7-9-21-10-8-17/h5-6,11,14,17,19H,7-10,12-13H2,1-4H3. The number of ether oxygens (including phenoxy) is 1. The summed E-state index contributed by atoms with van der Waals surface area (Å²) in [7, 11) is 2.21. The van der Waals surface area contributed by atoms with Crippen LogP contribution in [0.1, 0.15) is 37.8 Å². The molecule has 21 heavy (non-hydrogen) atoms. The summed E-state index contributed by atoms with van der Waals surface area (Å²) in [6.07, 6.45) is 2.26. The van der Waals surface area contributed by atoms with E-state index in [1.165, 1.54) is 16.8 Å². The summed E-state index contributed by atoms with van der Waals surface area (Å²) in [5.74, 6) is 0.698. The number of nitrogens with one attached hydrogen (secondary N) is 1. The summed E-state index contributed by atoms with van der Waals surface area (Å²) in [5.41, 5.74) is 4.11. The predicted octanol–water partition coefficient (Wildman–Crippen LogP) is 3.36. The number of benzene rings is 1. The van der Waals surface area contributed by atoms with Crippen LogP contribution in [0.3, 0.4) is 0 Å². The van der Waals surface area contributed by atoms with Gasteiger partial charge in [-0.15, -0.1) is 0 Å². The molecule has 0 atom stereocenters. The lowest BCUT2D eigenvalue weighted by Crippen LogP contribution is -2.36. The molecule has 0 saturated carbocycles. The van der Waals surface area contributed by atoms with Crippen LogP contribution < -0.4 is 10.2 Å². The Bertz CT molecular complexity index is 439. The van der Waals surface area contributed by atoms with Crippen LogP contribution in [0.15, 0.2) is 18.2 Å². The molecule has 3 heteroatoms. The Labute approximate surface area is 129 Å². The van der Waals surface area contributed by atoms with E-state index in [9.17, 15) is 0 Å². The van der Waals surface area contributed by atoms with E-state index in [0.717, 1.165) is 39.1 Å². The number of hydrogen-bond donors (Lipinski definition) is 1. The van der Waals surface area contributed by atoms with Gasteiger partial charge in [0.25, 0.3) is 0 Å². The van der Waals surface area contributed by atoms with Crippen molar-refractivity contribution in [3.05, 3.63) is 29.3 Å². The third-order valence-electron chi connectivity index (χ3n) is 4.34. The number of hydrogen-bond acceptors (Lipinski definition) is 3. The topological polar surface area (TPSA) is 24.5 Å². The molecular weight excluding hydrogens is 260 g/mol. The van der Waals surface area contributed by atoms with Crippen LogP contribution in [-0.2, 0) is 11.3 Å². The Morgan fingerprint density at radius 1 is 1.29 bits per heavy atom. The molecule has 1 heterocycles. The summed E-state index contributed by atoms with van der Waals surface area (Å²) in [5, 5.41) is 3.52. The summed E-state index contributed by atoms with van der Waals surface area (Å²) in [6, 6.07) is 7.47. The van der Waals surface area contributed by atoms with E-state index in [1.54, 1.807) is 0 Å². The fourth-order valence-electron chi connectivity index (χ4n) is 2.88. The molecule has 1 saturated heterocycles. The molecule has 2 rings (SSSR count). The third kappa shape index (κ3) is 4.72. The second kappa shape index (κ2) is 7.81. The average molecular weight is 290 g/mol. The molecule has 1 aliphatic heterocycles. The molecule has 1 aromatic rings. The van der Waals surface area contributed by atoms with E-state index in [1.807, 2.05) is 0 Å².